The Bertz CT molecular complexity index is 415. The molecule has 5 heteroatoms. The van der Waals surface area contributed by atoms with Crippen molar-refractivity contribution < 1.29 is 4.74 Å². The molecular weight excluding hydrogens is 282 g/mol. The van der Waals surface area contributed by atoms with Gasteiger partial charge in [-0.3, -0.25) is 5.43 Å². The summed E-state index contributed by atoms with van der Waals surface area (Å²) in [5.41, 5.74) is 4.49. The van der Waals surface area contributed by atoms with Crippen LogP contribution in [0, 0.1) is 23.7 Å². The smallest absolute Gasteiger partial charge is 0.187 e. The van der Waals surface area contributed by atoms with Gasteiger partial charge in [-0.15, -0.1) is 0 Å². The molecule has 0 spiro atoms. The Balaban J connectivity index is 1.30. The molecule has 21 heavy (non-hydrogen) atoms. The van der Waals surface area contributed by atoms with Gasteiger partial charge in [0, 0.05) is 18.9 Å². The number of nitrogens with zero attached hydrogens (tertiary/aromatic N) is 1. The van der Waals surface area contributed by atoms with E-state index in [-0.39, 0.29) is 0 Å². The summed E-state index contributed by atoms with van der Waals surface area (Å²) in [7, 11) is 0. The lowest BCUT2D eigenvalue weighted by atomic mass is 9.55. The van der Waals surface area contributed by atoms with E-state index in [1.54, 1.807) is 0 Å². The molecule has 0 aromatic rings. The predicted molar refractivity (Wildman–Crippen MR) is 87.2 cm³/mol. The van der Waals surface area contributed by atoms with E-state index < -0.39 is 0 Å². The highest BCUT2D eigenvalue weighted by molar-refractivity contribution is 7.80. The van der Waals surface area contributed by atoms with Crippen molar-refractivity contribution in [2.75, 3.05) is 13.2 Å². The van der Waals surface area contributed by atoms with Crippen LogP contribution in [-0.2, 0) is 4.74 Å². The van der Waals surface area contributed by atoms with Crippen molar-refractivity contribution in [3.63, 3.8) is 0 Å². The molecule has 4 aliphatic carbocycles. The van der Waals surface area contributed by atoms with Crippen LogP contribution in [-0.4, -0.2) is 30.1 Å². The Hall–Kier alpha value is -0.680. The number of hydrazone groups is 1. The molecule has 1 heterocycles. The van der Waals surface area contributed by atoms with E-state index in [0.29, 0.717) is 11.2 Å². The Morgan fingerprint density at radius 3 is 2.48 bits per heavy atom. The summed E-state index contributed by atoms with van der Waals surface area (Å²) in [5.74, 6) is 3.43. The molecule has 4 nitrogen and oxygen atoms in total. The van der Waals surface area contributed by atoms with Gasteiger partial charge in [-0.05, 0) is 80.8 Å². The lowest BCUT2D eigenvalue weighted by molar-refractivity contribution is 0.108. The van der Waals surface area contributed by atoms with Crippen molar-refractivity contribution in [1.29, 1.82) is 0 Å². The van der Waals surface area contributed by atoms with Gasteiger partial charge in [0.2, 0.25) is 0 Å². The van der Waals surface area contributed by atoms with E-state index in [1.807, 2.05) is 0 Å². The maximum Gasteiger partial charge on any atom is 0.187 e. The third-order valence-corrected chi connectivity index (χ3v) is 6.01. The van der Waals surface area contributed by atoms with Gasteiger partial charge in [-0.1, -0.05) is 0 Å². The standard InChI is InChI=1S/C16H25N3OS/c21-16(17-9-14-2-1-3-20-14)19-18-15-12-5-10-4-11(7-12)8-13(15)6-10/h10-14H,1-9H2,(H2,17,19,21). The molecule has 1 aliphatic heterocycles. The third-order valence-electron chi connectivity index (χ3n) is 5.78. The van der Waals surface area contributed by atoms with Gasteiger partial charge < -0.3 is 10.1 Å². The molecule has 4 bridgehead atoms. The monoisotopic (exact) mass is 307 g/mol. The van der Waals surface area contributed by atoms with Crippen molar-refractivity contribution in [3.05, 3.63) is 0 Å². The molecule has 1 atom stereocenters. The summed E-state index contributed by atoms with van der Waals surface area (Å²) in [6.45, 7) is 1.69. The van der Waals surface area contributed by atoms with E-state index >= 15 is 0 Å². The molecule has 4 saturated carbocycles. The van der Waals surface area contributed by atoms with Crippen LogP contribution >= 0.6 is 12.2 Å². The second kappa shape index (κ2) is 5.84. The number of hydrogen-bond donors (Lipinski definition) is 2. The molecule has 0 radical (unpaired) electrons. The quantitative estimate of drug-likeness (QED) is 0.621. The van der Waals surface area contributed by atoms with Crippen LogP contribution in [0.15, 0.2) is 5.10 Å². The second-order valence-corrected chi connectivity index (χ2v) is 7.71. The van der Waals surface area contributed by atoms with Crippen LogP contribution in [0.3, 0.4) is 0 Å². The summed E-state index contributed by atoms with van der Waals surface area (Å²) in [5, 5.41) is 8.57. The first-order chi connectivity index (χ1) is 10.3. The van der Waals surface area contributed by atoms with E-state index in [0.717, 1.165) is 43.2 Å². The molecule has 0 amide bonds. The third kappa shape index (κ3) is 2.95. The predicted octanol–water partition coefficient (Wildman–Crippen LogP) is 2.44. The van der Waals surface area contributed by atoms with Crippen molar-refractivity contribution in [2.24, 2.45) is 28.8 Å². The highest BCUT2D eigenvalue weighted by Gasteiger charge is 2.46. The number of thiocarbonyl (C=S) groups is 1. The van der Waals surface area contributed by atoms with Gasteiger partial charge in [0.25, 0.3) is 0 Å². The highest BCUT2D eigenvalue weighted by atomic mass is 32.1. The number of rotatable bonds is 3. The maximum atomic E-state index is 5.59. The molecule has 1 unspecified atom stereocenters. The number of nitrogens with one attached hydrogen (secondary N) is 2. The summed E-state index contributed by atoms with van der Waals surface area (Å²) < 4.78 is 5.59. The van der Waals surface area contributed by atoms with Crippen LogP contribution in [0.4, 0.5) is 0 Å². The SMILES string of the molecule is S=C(NCC1CCCO1)NN=C1C2CC3CC(C2)CC1C3. The van der Waals surface area contributed by atoms with Gasteiger partial charge in [-0.2, -0.15) is 5.10 Å². The van der Waals surface area contributed by atoms with Crippen molar-refractivity contribution in [1.82, 2.24) is 10.7 Å². The van der Waals surface area contributed by atoms with E-state index in [2.05, 4.69) is 10.7 Å². The maximum absolute atomic E-state index is 5.59. The van der Waals surface area contributed by atoms with E-state index in [1.165, 1.54) is 44.2 Å². The Morgan fingerprint density at radius 1 is 1.14 bits per heavy atom. The number of hydrogen-bond acceptors (Lipinski definition) is 3. The fraction of sp³-hybridized carbons (Fsp3) is 0.875. The Morgan fingerprint density at radius 2 is 1.86 bits per heavy atom. The molecule has 5 rings (SSSR count). The first-order valence-electron chi connectivity index (χ1n) is 8.51. The van der Waals surface area contributed by atoms with Gasteiger partial charge in [0.1, 0.15) is 0 Å². The fourth-order valence-corrected chi connectivity index (χ4v) is 5.15. The molecular formula is C16H25N3OS. The van der Waals surface area contributed by atoms with E-state index in [4.69, 9.17) is 22.1 Å². The van der Waals surface area contributed by atoms with Crippen molar-refractivity contribution in [2.45, 2.75) is 51.0 Å². The zero-order valence-electron chi connectivity index (χ0n) is 12.5. The first-order valence-corrected chi connectivity index (χ1v) is 8.91. The Labute approximate surface area is 132 Å². The minimum Gasteiger partial charge on any atom is -0.376 e. The van der Waals surface area contributed by atoms with Gasteiger partial charge in [-0.25, -0.2) is 0 Å². The van der Waals surface area contributed by atoms with Gasteiger partial charge in [0.05, 0.1) is 6.10 Å². The summed E-state index contributed by atoms with van der Waals surface area (Å²) in [4.78, 5) is 0. The van der Waals surface area contributed by atoms with Crippen LogP contribution in [0.1, 0.15) is 44.9 Å². The number of ether oxygens (including phenoxy) is 1. The first kappa shape index (κ1) is 13.9. The van der Waals surface area contributed by atoms with Gasteiger partial charge in [0.15, 0.2) is 5.11 Å². The van der Waals surface area contributed by atoms with Crippen LogP contribution < -0.4 is 10.7 Å². The lowest BCUT2D eigenvalue weighted by Crippen LogP contribution is -2.47. The van der Waals surface area contributed by atoms with Crippen LogP contribution in [0.2, 0.25) is 0 Å². The summed E-state index contributed by atoms with van der Waals surface area (Å²) in [6.07, 6.45) is 9.56. The second-order valence-electron chi connectivity index (χ2n) is 7.30. The zero-order chi connectivity index (χ0) is 14.2. The molecule has 5 aliphatic rings. The van der Waals surface area contributed by atoms with Crippen LogP contribution in [0.25, 0.3) is 0 Å². The van der Waals surface area contributed by atoms with Gasteiger partial charge >= 0.3 is 0 Å². The Kier molecular flexibility index (Phi) is 3.88. The molecule has 0 aromatic carbocycles. The molecule has 116 valence electrons. The minimum absolute atomic E-state index is 0.318. The van der Waals surface area contributed by atoms with Crippen LogP contribution in [0.5, 0.6) is 0 Å². The molecule has 5 fully saturated rings. The summed E-state index contributed by atoms with van der Waals surface area (Å²) in [6, 6.07) is 0. The average Bonchev–Trinajstić information content (AvgIpc) is 2.97. The highest BCUT2D eigenvalue weighted by Crippen LogP contribution is 2.52. The van der Waals surface area contributed by atoms with E-state index in [9.17, 15) is 0 Å². The molecule has 2 N–H and O–H groups in total. The average molecular weight is 307 g/mol. The fourth-order valence-electron chi connectivity index (χ4n) is 5.02. The lowest BCUT2D eigenvalue weighted by Gasteiger charge is -2.50. The van der Waals surface area contributed by atoms with Crippen molar-refractivity contribution >= 4 is 23.0 Å². The van der Waals surface area contributed by atoms with Crippen molar-refractivity contribution in [3.8, 4) is 0 Å². The largest absolute Gasteiger partial charge is 0.376 e. The molecule has 0 aromatic heterocycles. The zero-order valence-corrected chi connectivity index (χ0v) is 13.3. The summed E-state index contributed by atoms with van der Waals surface area (Å²) >= 11 is 5.34. The normalized spacial score (nSPS) is 40.4. The topological polar surface area (TPSA) is 45.6 Å². The molecule has 1 saturated heterocycles. The minimum atomic E-state index is 0.318.